The molecule has 0 amide bonds. The van der Waals surface area contributed by atoms with Gasteiger partial charge in [-0.3, -0.25) is 0 Å². The number of rotatable bonds is 10. The van der Waals surface area contributed by atoms with Crippen LogP contribution in [0.15, 0.2) is 0 Å². The number of piperidine rings is 1. The van der Waals surface area contributed by atoms with Crippen molar-refractivity contribution in [2.45, 2.75) is 77.7 Å². The van der Waals surface area contributed by atoms with Gasteiger partial charge in [0.15, 0.2) is 0 Å². The number of nitrogens with zero attached hydrogens (tertiary/aromatic N) is 1. The minimum absolute atomic E-state index is 0.858. The zero-order chi connectivity index (χ0) is 13.1. The smallest absolute Gasteiger partial charge is 0.0119 e. The summed E-state index contributed by atoms with van der Waals surface area (Å²) in [4.78, 5) is 2.72. The molecule has 108 valence electrons. The molecule has 1 heterocycles. The van der Waals surface area contributed by atoms with Crippen molar-refractivity contribution in [3.8, 4) is 0 Å². The minimum atomic E-state index is 0.858. The fraction of sp³-hybridized carbons (Fsp3) is 1.00. The lowest BCUT2D eigenvalue weighted by Gasteiger charge is -2.33. The summed E-state index contributed by atoms with van der Waals surface area (Å²) in [5.41, 5.74) is 0. The maximum absolute atomic E-state index is 3.46. The fourth-order valence-corrected chi connectivity index (χ4v) is 3.04. The first kappa shape index (κ1) is 16.0. The number of nitrogens with one attached hydrogen (secondary N) is 1. The van der Waals surface area contributed by atoms with Gasteiger partial charge in [-0.2, -0.15) is 0 Å². The molecule has 0 aliphatic carbocycles. The fourth-order valence-electron chi connectivity index (χ4n) is 3.04. The Hall–Kier alpha value is -0.0800. The average molecular weight is 254 g/mol. The van der Waals surface area contributed by atoms with Crippen molar-refractivity contribution >= 4 is 0 Å². The molecule has 0 unspecified atom stereocenters. The highest BCUT2D eigenvalue weighted by Crippen LogP contribution is 2.13. The van der Waals surface area contributed by atoms with E-state index in [-0.39, 0.29) is 0 Å². The topological polar surface area (TPSA) is 15.3 Å². The van der Waals surface area contributed by atoms with Gasteiger partial charge in [0.2, 0.25) is 0 Å². The van der Waals surface area contributed by atoms with Gasteiger partial charge < -0.3 is 10.2 Å². The monoisotopic (exact) mass is 254 g/mol. The molecule has 0 aromatic heterocycles. The lowest BCUT2D eigenvalue weighted by Crippen LogP contribution is -2.43. The molecule has 0 bridgehead atoms. The molecule has 0 saturated carbocycles. The van der Waals surface area contributed by atoms with Gasteiger partial charge in [-0.1, -0.05) is 52.4 Å². The summed E-state index contributed by atoms with van der Waals surface area (Å²) in [6, 6.07) is 0.858. The van der Waals surface area contributed by atoms with Crippen LogP contribution < -0.4 is 5.32 Å². The number of unbranched alkanes of at least 4 members (excludes halogenated alkanes) is 6. The molecule has 1 aliphatic rings. The first-order chi connectivity index (χ1) is 8.88. The largest absolute Gasteiger partial charge is 0.317 e. The Balaban J connectivity index is 2.00. The van der Waals surface area contributed by atoms with Crippen LogP contribution in [0.25, 0.3) is 0 Å². The minimum Gasteiger partial charge on any atom is -0.317 e. The molecule has 0 atom stereocenters. The lowest BCUT2D eigenvalue weighted by molar-refractivity contribution is 0.167. The first-order valence-electron chi connectivity index (χ1n) is 8.33. The summed E-state index contributed by atoms with van der Waals surface area (Å²) in [6.07, 6.45) is 12.7. The summed E-state index contributed by atoms with van der Waals surface area (Å²) in [5.74, 6) is 0. The van der Waals surface area contributed by atoms with Crippen LogP contribution in [0, 0.1) is 0 Å². The normalized spacial score (nSPS) is 17.5. The standard InChI is InChI=1S/C16H34N2/c1-3-5-6-7-8-9-10-15-18(4-2)16-11-13-17-14-12-16/h16-17H,3-15H2,1-2H3. The van der Waals surface area contributed by atoms with Crippen LogP contribution in [0.5, 0.6) is 0 Å². The van der Waals surface area contributed by atoms with Crippen LogP contribution in [-0.4, -0.2) is 37.1 Å². The van der Waals surface area contributed by atoms with E-state index in [1.54, 1.807) is 0 Å². The van der Waals surface area contributed by atoms with Gasteiger partial charge in [-0.05, 0) is 45.4 Å². The Morgan fingerprint density at radius 3 is 2.11 bits per heavy atom. The molecule has 1 saturated heterocycles. The van der Waals surface area contributed by atoms with Crippen molar-refractivity contribution < 1.29 is 0 Å². The molecule has 2 heteroatoms. The van der Waals surface area contributed by atoms with E-state index in [0.29, 0.717) is 0 Å². The highest BCUT2D eigenvalue weighted by atomic mass is 15.2. The van der Waals surface area contributed by atoms with E-state index in [1.807, 2.05) is 0 Å². The van der Waals surface area contributed by atoms with Gasteiger partial charge in [-0.25, -0.2) is 0 Å². The second kappa shape index (κ2) is 10.8. The van der Waals surface area contributed by atoms with E-state index in [0.717, 1.165) is 6.04 Å². The summed E-state index contributed by atoms with van der Waals surface area (Å²) in [7, 11) is 0. The van der Waals surface area contributed by atoms with Gasteiger partial charge in [-0.15, -0.1) is 0 Å². The first-order valence-corrected chi connectivity index (χ1v) is 8.33. The van der Waals surface area contributed by atoms with E-state index < -0.39 is 0 Å². The van der Waals surface area contributed by atoms with Crippen LogP contribution in [0.1, 0.15) is 71.6 Å². The highest BCUT2D eigenvalue weighted by molar-refractivity contribution is 4.77. The SMILES string of the molecule is CCCCCCCCCN(CC)C1CCNCC1. The van der Waals surface area contributed by atoms with Gasteiger partial charge in [0.1, 0.15) is 0 Å². The van der Waals surface area contributed by atoms with Crippen LogP contribution in [0.4, 0.5) is 0 Å². The molecule has 1 N–H and O–H groups in total. The molecule has 0 aromatic carbocycles. The van der Waals surface area contributed by atoms with Crippen molar-refractivity contribution in [2.24, 2.45) is 0 Å². The third kappa shape index (κ3) is 6.75. The molecular weight excluding hydrogens is 220 g/mol. The summed E-state index contributed by atoms with van der Waals surface area (Å²) in [6.45, 7) is 9.62. The zero-order valence-electron chi connectivity index (χ0n) is 12.7. The van der Waals surface area contributed by atoms with Crippen molar-refractivity contribution in [3.63, 3.8) is 0 Å². The maximum Gasteiger partial charge on any atom is 0.0119 e. The Bertz CT molecular complexity index is 176. The molecular formula is C16H34N2. The summed E-state index contributed by atoms with van der Waals surface area (Å²) in [5, 5.41) is 3.46. The molecule has 2 nitrogen and oxygen atoms in total. The highest BCUT2D eigenvalue weighted by Gasteiger charge is 2.18. The van der Waals surface area contributed by atoms with Crippen LogP contribution in [0.2, 0.25) is 0 Å². The Kier molecular flexibility index (Phi) is 9.59. The van der Waals surface area contributed by atoms with Gasteiger partial charge in [0.05, 0.1) is 0 Å². The van der Waals surface area contributed by atoms with E-state index in [2.05, 4.69) is 24.1 Å². The van der Waals surface area contributed by atoms with Crippen LogP contribution in [0.3, 0.4) is 0 Å². The summed E-state index contributed by atoms with van der Waals surface area (Å²) < 4.78 is 0. The van der Waals surface area contributed by atoms with Gasteiger partial charge >= 0.3 is 0 Å². The predicted molar refractivity (Wildman–Crippen MR) is 81.1 cm³/mol. The summed E-state index contributed by atoms with van der Waals surface area (Å²) >= 11 is 0. The molecule has 18 heavy (non-hydrogen) atoms. The molecule has 1 rings (SSSR count). The molecule has 1 fully saturated rings. The Morgan fingerprint density at radius 2 is 1.50 bits per heavy atom. The number of hydrogen-bond acceptors (Lipinski definition) is 2. The Morgan fingerprint density at radius 1 is 0.889 bits per heavy atom. The third-order valence-electron chi connectivity index (χ3n) is 4.28. The van der Waals surface area contributed by atoms with E-state index in [1.165, 1.54) is 84.0 Å². The molecule has 0 spiro atoms. The Labute approximate surface area is 115 Å². The van der Waals surface area contributed by atoms with Crippen molar-refractivity contribution in [1.82, 2.24) is 10.2 Å². The van der Waals surface area contributed by atoms with Gasteiger partial charge in [0, 0.05) is 6.04 Å². The van der Waals surface area contributed by atoms with E-state index >= 15 is 0 Å². The zero-order valence-corrected chi connectivity index (χ0v) is 12.7. The predicted octanol–water partition coefficient (Wildman–Crippen LogP) is 3.81. The second-order valence-electron chi connectivity index (χ2n) is 5.73. The van der Waals surface area contributed by atoms with Crippen LogP contribution in [-0.2, 0) is 0 Å². The van der Waals surface area contributed by atoms with E-state index in [4.69, 9.17) is 0 Å². The lowest BCUT2D eigenvalue weighted by atomic mass is 10.0. The van der Waals surface area contributed by atoms with Crippen molar-refractivity contribution in [1.29, 1.82) is 0 Å². The second-order valence-corrected chi connectivity index (χ2v) is 5.73. The molecule has 0 aromatic rings. The quantitative estimate of drug-likeness (QED) is 0.596. The molecule has 1 aliphatic heterocycles. The van der Waals surface area contributed by atoms with Crippen LogP contribution >= 0.6 is 0 Å². The third-order valence-corrected chi connectivity index (χ3v) is 4.28. The van der Waals surface area contributed by atoms with E-state index in [9.17, 15) is 0 Å². The van der Waals surface area contributed by atoms with Crippen molar-refractivity contribution in [3.05, 3.63) is 0 Å². The molecule has 0 radical (unpaired) electrons. The van der Waals surface area contributed by atoms with Crippen molar-refractivity contribution in [2.75, 3.05) is 26.2 Å². The maximum atomic E-state index is 3.46. The number of hydrogen-bond donors (Lipinski definition) is 1. The van der Waals surface area contributed by atoms with Gasteiger partial charge in [0.25, 0.3) is 0 Å². The average Bonchev–Trinajstić information content (AvgIpc) is 2.43.